The van der Waals surface area contributed by atoms with Crippen LogP contribution >= 0.6 is 0 Å². The Bertz CT molecular complexity index is 1340. The van der Waals surface area contributed by atoms with Crippen LogP contribution in [0, 0.1) is 11.6 Å². The van der Waals surface area contributed by atoms with Crippen LogP contribution in [-0.4, -0.2) is 41.7 Å². The largest absolute Gasteiger partial charge is 0.487 e. The van der Waals surface area contributed by atoms with Gasteiger partial charge in [-0.15, -0.1) is 5.10 Å². The lowest BCUT2D eigenvalue weighted by Gasteiger charge is -2.35. The van der Waals surface area contributed by atoms with Crippen molar-refractivity contribution in [2.75, 3.05) is 0 Å². The fourth-order valence-electron chi connectivity index (χ4n) is 3.53. The normalized spacial score (nSPS) is 14.4. The number of benzene rings is 1. The average Bonchev–Trinajstić information content (AvgIpc) is 3.37. The number of nitrogens with zero attached hydrogens (tertiary/aromatic N) is 6. The van der Waals surface area contributed by atoms with Crippen LogP contribution in [0.1, 0.15) is 28.6 Å². The SMILES string of the molecule is OC(c1ccc(F)cc1F)(C(F)F)C(c1ccc(OCc2ccc(C(F)(F)F)nc2)cn1)n1cnnn1. The Morgan fingerprint density at radius 2 is 1.76 bits per heavy atom. The quantitative estimate of drug-likeness (QED) is 0.344. The van der Waals surface area contributed by atoms with E-state index in [9.17, 15) is 35.8 Å². The molecular weight excluding hydrogens is 513 g/mol. The van der Waals surface area contributed by atoms with Gasteiger partial charge < -0.3 is 9.84 Å². The fraction of sp³-hybridized carbons (Fsp3) is 0.227. The van der Waals surface area contributed by atoms with E-state index in [-0.39, 0.29) is 18.1 Å². The van der Waals surface area contributed by atoms with E-state index in [4.69, 9.17) is 4.74 Å². The number of pyridine rings is 2. The molecule has 8 nitrogen and oxygen atoms in total. The summed E-state index contributed by atoms with van der Waals surface area (Å²) >= 11 is 0. The van der Waals surface area contributed by atoms with Gasteiger partial charge in [-0.2, -0.15) is 13.2 Å². The minimum atomic E-state index is -4.59. The third kappa shape index (κ3) is 5.35. The van der Waals surface area contributed by atoms with E-state index in [2.05, 4.69) is 25.5 Å². The zero-order chi connectivity index (χ0) is 26.8. The highest BCUT2D eigenvalue weighted by molar-refractivity contribution is 5.32. The first-order valence-corrected chi connectivity index (χ1v) is 10.3. The Hall–Kier alpha value is -4.14. The minimum Gasteiger partial charge on any atom is -0.487 e. The third-order valence-corrected chi connectivity index (χ3v) is 5.30. The second-order valence-electron chi connectivity index (χ2n) is 7.70. The number of aliphatic hydroxyl groups is 1. The van der Waals surface area contributed by atoms with Crippen LogP contribution in [0.3, 0.4) is 0 Å². The summed E-state index contributed by atoms with van der Waals surface area (Å²) in [6, 6.07) is 4.30. The van der Waals surface area contributed by atoms with E-state index < -0.39 is 47.1 Å². The molecule has 0 aliphatic rings. The van der Waals surface area contributed by atoms with Crippen molar-refractivity contribution < 1.29 is 40.6 Å². The standard InChI is InChI=1S/C22H15F7N6O2/c23-13-2-4-15(16(24)7-13)21(36,20(25)26)19(35-11-32-33-34-35)17-5-3-14(9-30-17)37-10-12-1-6-18(31-8-12)22(27,28)29/h1-9,11,19-20,36H,10H2. The molecule has 1 aromatic carbocycles. The number of halogens is 7. The van der Waals surface area contributed by atoms with Crippen molar-refractivity contribution in [1.29, 1.82) is 0 Å². The van der Waals surface area contributed by atoms with Crippen LogP contribution in [0.4, 0.5) is 30.7 Å². The van der Waals surface area contributed by atoms with Crippen LogP contribution in [-0.2, 0) is 18.4 Å². The topological polar surface area (TPSA) is 98.8 Å². The van der Waals surface area contributed by atoms with Gasteiger partial charge in [-0.1, -0.05) is 6.07 Å². The summed E-state index contributed by atoms with van der Waals surface area (Å²) in [5.74, 6) is -2.38. The van der Waals surface area contributed by atoms with E-state index in [1.165, 1.54) is 18.2 Å². The van der Waals surface area contributed by atoms with Gasteiger partial charge in [-0.05, 0) is 40.8 Å². The number of tetrazole rings is 1. The first-order valence-electron chi connectivity index (χ1n) is 10.3. The molecule has 0 saturated heterocycles. The van der Waals surface area contributed by atoms with Crippen LogP contribution in [0.25, 0.3) is 0 Å². The molecule has 15 heteroatoms. The van der Waals surface area contributed by atoms with Gasteiger partial charge in [0, 0.05) is 23.4 Å². The molecule has 2 unspecified atom stereocenters. The molecule has 0 aliphatic carbocycles. The van der Waals surface area contributed by atoms with Crippen molar-refractivity contribution in [1.82, 2.24) is 30.2 Å². The molecule has 0 aliphatic heterocycles. The highest BCUT2D eigenvalue weighted by atomic mass is 19.4. The molecule has 0 spiro atoms. The molecule has 1 N–H and O–H groups in total. The summed E-state index contributed by atoms with van der Waals surface area (Å²) in [7, 11) is 0. The molecule has 0 saturated carbocycles. The number of rotatable bonds is 8. The molecule has 0 bridgehead atoms. The molecule has 2 atom stereocenters. The average molecular weight is 528 g/mol. The number of aromatic nitrogens is 6. The lowest BCUT2D eigenvalue weighted by atomic mass is 9.84. The lowest BCUT2D eigenvalue weighted by molar-refractivity contribution is -0.141. The molecule has 0 amide bonds. The van der Waals surface area contributed by atoms with Crippen LogP contribution in [0.15, 0.2) is 61.2 Å². The summed E-state index contributed by atoms with van der Waals surface area (Å²) in [5.41, 5.74) is -5.19. The third-order valence-electron chi connectivity index (χ3n) is 5.30. The molecule has 3 heterocycles. The number of hydrogen-bond donors (Lipinski definition) is 1. The summed E-state index contributed by atoms with van der Waals surface area (Å²) in [6.07, 6.45) is -5.21. The van der Waals surface area contributed by atoms with Crippen LogP contribution in [0.2, 0.25) is 0 Å². The first kappa shape index (κ1) is 25.9. The minimum absolute atomic E-state index is 0.0904. The molecule has 3 aromatic heterocycles. The summed E-state index contributed by atoms with van der Waals surface area (Å²) < 4.78 is 101. The zero-order valence-electron chi connectivity index (χ0n) is 18.3. The Morgan fingerprint density at radius 1 is 0.973 bits per heavy atom. The second kappa shape index (κ2) is 10.1. The monoisotopic (exact) mass is 528 g/mol. The van der Waals surface area contributed by atoms with Crippen molar-refractivity contribution in [3.8, 4) is 5.75 Å². The maximum Gasteiger partial charge on any atom is 0.433 e. The van der Waals surface area contributed by atoms with Gasteiger partial charge in [0.1, 0.15) is 42.1 Å². The van der Waals surface area contributed by atoms with Gasteiger partial charge in [-0.3, -0.25) is 9.97 Å². The predicted octanol–water partition coefficient (Wildman–Crippen LogP) is 4.08. The van der Waals surface area contributed by atoms with Gasteiger partial charge in [0.05, 0.1) is 11.9 Å². The van der Waals surface area contributed by atoms with Crippen LogP contribution < -0.4 is 4.74 Å². The van der Waals surface area contributed by atoms with E-state index in [0.717, 1.165) is 29.5 Å². The van der Waals surface area contributed by atoms with Crippen molar-refractivity contribution >= 4 is 0 Å². The molecule has 4 aromatic rings. The second-order valence-corrected chi connectivity index (χ2v) is 7.70. The van der Waals surface area contributed by atoms with Crippen molar-refractivity contribution in [2.45, 2.75) is 30.9 Å². The van der Waals surface area contributed by atoms with Crippen molar-refractivity contribution in [3.63, 3.8) is 0 Å². The Balaban J connectivity index is 1.62. The van der Waals surface area contributed by atoms with E-state index in [0.29, 0.717) is 23.8 Å². The van der Waals surface area contributed by atoms with Crippen molar-refractivity contribution in [3.05, 3.63) is 95.3 Å². The van der Waals surface area contributed by atoms with Gasteiger partial charge in [0.15, 0.2) is 5.60 Å². The molecular formula is C22H15F7N6O2. The predicted molar refractivity (Wildman–Crippen MR) is 110 cm³/mol. The molecule has 0 fully saturated rings. The number of alkyl halides is 5. The Labute approximate surface area is 203 Å². The zero-order valence-corrected chi connectivity index (χ0v) is 18.3. The first-order chi connectivity index (χ1) is 17.5. The molecule has 0 radical (unpaired) electrons. The maximum absolute atomic E-state index is 14.5. The molecule has 37 heavy (non-hydrogen) atoms. The summed E-state index contributed by atoms with van der Waals surface area (Å²) in [4.78, 5) is 7.34. The highest BCUT2D eigenvalue weighted by Crippen LogP contribution is 2.43. The van der Waals surface area contributed by atoms with Gasteiger partial charge in [0.25, 0.3) is 6.43 Å². The van der Waals surface area contributed by atoms with Crippen LogP contribution in [0.5, 0.6) is 5.75 Å². The maximum atomic E-state index is 14.5. The van der Waals surface area contributed by atoms with E-state index in [1.54, 1.807) is 0 Å². The van der Waals surface area contributed by atoms with Crippen molar-refractivity contribution in [2.24, 2.45) is 0 Å². The van der Waals surface area contributed by atoms with E-state index in [1.807, 2.05) is 0 Å². The summed E-state index contributed by atoms with van der Waals surface area (Å²) in [5, 5.41) is 21.4. The highest BCUT2D eigenvalue weighted by Gasteiger charge is 2.52. The number of ether oxygens (including phenoxy) is 1. The number of hydrogen-bond acceptors (Lipinski definition) is 7. The summed E-state index contributed by atoms with van der Waals surface area (Å²) in [6.45, 7) is -0.190. The Kier molecular flexibility index (Phi) is 7.07. The molecule has 4 rings (SSSR count). The lowest BCUT2D eigenvalue weighted by Crippen LogP contribution is -2.45. The van der Waals surface area contributed by atoms with Gasteiger partial charge in [0.2, 0.25) is 0 Å². The van der Waals surface area contributed by atoms with Gasteiger partial charge >= 0.3 is 6.18 Å². The smallest absolute Gasteiger partial charge is 0.433 e. The Morgan fingerprint density at radius 3 is 2.30 bits per heavy atom. The van der Waals surface area contributed by atoms with E-state index >= 15 is 0 Å². The molecule has 194 valence electrons. The van der Waals surface area contributed by atoms with Gasteiger partial charge in [-0.25, -0.2) is 22.2 Å². The fourth-order valence-corrected chi connectivity index (χ4v) is 3.53.